The second kappa shape index (κ2) is 10.8. The Bertz CT molecular complexity index is 597. The molecular weight excluding hydrogens is 443 g/mol. The van der Waals surface area contributed by atoms with Crippen molar-refractivity contribution in [2.45, 2.75) is 26.7 Å². The van der Waals surface area contributed by atoms with Gasteiger partial charge in [-0.1, -0.05) is 13.0 Å². The van der Waals surface area contributed by atoms with Crippen LogP contribution in [0.5, 0.6) is 11.5 Å². The molecule has 0 saturated carbocycles. The second-order valence-electron chi connectivity index (χ2n) is 6.63. The largest absolute Gasteiger partial charge is 0.454 e. The summed E-state index contributed by atoms with van der Waals surface area (Å²) in [5, 5.41) is 6.78. The molecule has 1 atom stereocenters. The van der Waals surface area contributed by atoms with E-state index < -0.39 is 0 Å². The highest BCUT2D eigenvalue weighted by molar-refractivity contribution is 14.0. The minimum atomic E-state index is 0. The maximum Gasteiger partial charge on any atom is 0.231 e. The molecule has 1 fully saturated rings. The number of likely N-dealkylation sites (tertiary alicyclic amines) is 1. The van der Waals surface area contributed by atoms with Gasteiger partial charge in [0, 0.05) is 26.2 Å². The van der Waals surface area contributed by atoms with Gasteiger partial charge in [-0.2, -0.15) is 0 Å². The molecule has 1 aromatic carbocycles. The lowest BCUT2D eigenvalue weighted by Gasteiger charge is -2.14. The zero-order valence-corrected chi connectivity index (χ0v) is 18.1. The van der Waals surface area contributed by atoms with Crippen LogP contribution in [0.2, 0.25) is 0 Å². The van der Waals surface area contributed by atoms with E-state index >= 15 is 0 Å². The summed E-state index contributed by atoms with van der Waals surface area (Å²) in [6.45, 7) is 10.8. The van der Waals surface area contributed by atoms with Crippen LogP contribution < -0.4 is 20.1 Å². The average molecular weight is 474 g/mol. The zero-order chi connectivity index (χ0) is 17.5. The topological polar surface area (TPSA) is 58.1 Å². The molecule has 6 nitrogen and oxygen atoms in total. The van der Waals surface area contributed by atoms with E-state index in [1.54, 1.807) is 0 Å². The van der Waals surface area contributed by atoms with E-state index in [1.807, 2.05) is 6.07 Å². The normalized spacial score (nSPS) is 19.3. The molecule has 7 heteroatoms. The molecule has 2 N–H and O–H groups in total. The highest BCUT2D eigenvalue weighted by Gasteiger charge is 2.20. The number of nitrogens with one attached hydrogen (secondary N) is 2. The minimum Gasteiger partial charge on any atom is -0.454 e. The van der Waals surface area contributed by atoms with Crippen molar-refractivity contribution in [1.29, 1.82) is 0 Å². The summed E-state index contributed by atoms with van der Waals surface area (Å²) in [4.78, 5) is 7.28. The Hall–Kier alpha value is -1.22. The number of fused-ring (bicyclic) bond motifs is 1. The Morgan fingerprint density at radius 2 is 2.08 bits per heavy atom. The number of ether oxygens (including phenoxy) is 2. The fourth-order valence-electron chi connectivity index (χ4n) is 3.33. The first-order valence-electron chi connectivity index (χ1n) is 9.41. The number of halogens is 1. The van der Waals surface area contributed by atoms with Gasteiger partial charge >= 0.3 is 0 Å². The van der Waals surface area contributed by atoms with Crippen LogP contribution in [0.25, 0.3) is 0 Å². The van der Waals surface area contributed by atoms with Gasteiger partial charge in [0.2, 0.25) is 6.79 Å². The molecule has 0 radical (unpaired) electrons. The van der Waals surface area contributed by atoms with Gasteiger partial charge in [0.05, 0.1) is 0 Å². The third kappa shape index (κ3) is 5.90. The zero-order valence-electron chi connectivity index (χ0n) is 15.8. The molecule has 26 heavy (non-hydrogen) atoms. The van der Waals surface area contributed by atoms with Crippen LogP contribution in [0.1, 0.15) is 25.8 Å². The van der Waals surface area contributed by atoms with Gasteiger partial charge in [0.15, 0.2) is 17.5 Å². The Balaban J connectivity index is 0.00000243. The van der Waals surface area contributed by atoms with Crippen molar-refractivity contribution in [2.24, 2.45) is 10.9 Å². The first kappa shape index (κ1) is 21.1. The lowest BCUT2D eigenvalue weighted by Crippen LogP contribution is -2.38. The third-order valence-electron chi connectivity index (χ3n) is 4.81. The van der Waals surface area contributed by atoms with Crippen LogP contribution in [0, 0.1) is 5.92 Å². The summed E-state index contributed by atoms with van der Waals surface area (Å²) < 4.78 is 10.8. The van der Waals surface area contributed by atoms with Crippen molar-refractivity contribution in [3.63, 3.8) is 0 Å². The average Bonchev–Trinajstić information content (AvgIpc) is 3.28. The number of guanidine groups is 1. The first-order chi connectivity index (χ1) is 12.3. The van der Waals surface area contributed by atoms with E-state index in [-0.39, 0.29) is 24.0 Å². The van der Waals surface area contributed by atoms with Crippen molar-refractivity contribution in [3.05, 3.63) is 23.8 Å². The maximum atomic E-state index is 5.44. The predicted molar refractivity (Wildman–Crippen MR) is 116 cm³/mol. The van der Waals surface area contributed by atoms with Crippen LogP contribution in [0.4, 0.5) is 0 Å². The molecule has 0 aromatic heterocycles. The van der Waals surface area contributed by atoms with Crippen molar-refractivity contribution in [3.8, 4) is 11.5 Å². The van der Waals surface area contributed by atoms with Crippen LogP contribution >= 0.6 is 24.0 Å². The van der Waals surface area contributed by atoms with Gasteiger partial charge in [0.1, 0.15) is 0 Å². The Morgan fingerprint density at radius 3 is 2.85 bits per heavy atom. The Morgan fingerprint density at radius 1 is 1.23 bits per heavy atom. The summed E-state index contributed by atoms with van der Waals surface area (Å²) in [5.74, 6) is 3.28. The lowest BCUT2D eigenvalue weighted by molar-refractivity contribution is 0.174. The van der Waals surface area contributed by atoms with Crippen molar-refractivity contribution < 1.29 is 9.47 Å². The number of nitrogens with zero attached hydrogens (tertiary/aromatic N) is 2. The van der Waals surface area contributed by atoms with Crippen molar-refractivity contribution in [2.75, 3.05) is 46.1 Å². The van der Waals surface area contributed by atoms with Gasteiger partial charge in [-0.25, -0.2) is 0 Å². The lowest BCUT2D eigenvalue weighted by atomic mass is 10.1. The molecule has 2 aliphatic heterocycles. The molecule has 1 unspecified atom stereocenters. The number of benzene rings is 1. The van der Waals surface area contributed by atoms with Gasteiger partial charge < -0.3 is 25.0 Å². The summed E-state index contributed by atoms with van der Waals surface area (Å²) in [6.07, 6.45) is 2.18. The monoisotopic (exact) mass is 474 g/mol. The van der Waals surface area contributed by atoms with Crippen molar-refractivity contribution >= 4 is 29.9 Å². The van der Waals surface area contributed by atoms with Crippen LogP contribution in [-0.4, -0.2) is 56.9 Å². The maximum absolute atomic E-state index is 5.44. The molecule has 2 aliphatic rings. The van der Waals surface area contributed by atoms with Crippen LogP contribution in [-0.2, 0) is 6.42 Å². The van der Waals surface area contributed by atoms with Crippen LogP contribution in [0.3, 0.4) is 0 Å². The number of rotatable bonds is 7. The van der Waals surface area contributed by atoms with Crippen molar-refractivity contribution in [1.82, 2.24) is 15.5 Å². The summed E-state index contributed by atoms with van der Waals surface area (Å²) >= 11 is 0. The molecule has 1 saturated heterocycles. The number of aliphatic imine (C=N–C) groups is 1. The van der Waals surface area contributed by atoms with E-state index in [4.69, 9.17) is 14.5 Å². The quantitative estimate of drug-likeness (QED) is 0.362. The molecule has 0 amide bonds. The second-order valence-corrected chi connectivity index (χ2v) is 6.63. The van der Waals surface area contributed by atoms with Crippen LogP contribution in [0.15, 0.2) is 23.2 Å². The predicted octanol–water partition coefficient (Wildman–Crippen LogP) is 2.47. The van der Waals surface area contributed by atoms with E-state index in [0.29, 0.717) is 12.7 Å². The standard InChI is InChI=1S/C19H30N4O2.HI/c1-3-20-19(22-12-16-8-10-23(4-2)13-16)21-9-7-15-5-6-17-18(11-15)25-14-24-17;/h5-6,11,16H,3-4,7-10,12-14H2,1-2H3,(H2,20,21,22);1H. The first-order valence-corrected chi connectivity index (χ1v) is 9.41. The van der Waals surface area contributed by atoms with E-state index in [9.17, 15) is 0 Å². The molecule has 0 aliphatic carbocycles. The smallest absolute Gasteiger partial charge is 0.231 e. The molecular formula is C19H31IN4O2. The summed E-state index contributed by atoms with van der Waals surface area (Å²) in [6, 6.07) is 6.14. The van der Waals surface area contributed by atoms with Gasteiger partial charge in [-0.05, 0) is 56.5 Å². The number of hydrogen-bond acceptors (Lipinski definition) is 4. The Labute approximate surface area is 173 Å². The van der Waals surface area contributed by atoms with Gasteiger partial charge in [-0.3, -0.25) is 4.99 Å². The Kier molecular flexibility index (Phi) is 8.77. The molecule has 146 valence electrons. The molecule has 0 bridgehead atoms. The van der Waals surface area contributed by atoms with E-state index in [0.717, 1.165) is 50.1 Å². The molecule has 2 heterocycles. The third-order valence-corrected chi connectivity index (χ3v) is 4.81. The molecule has 1 aromatic rings. The minimum absolute atomic E-state index is 0. The molecule has 3 rings (SSSR count). The summed E-state index contributed by atoms with van der Waals surface area (Å²) in [7, 11) is 0. The molecule has 0 spiro atoms. The SMILES string of the molecule is CCNC(=NCC1CCN(CC)C1)NCCc1ccc2c(c1)OCO2.I. The summed E-state index contributed by atoms with van der Waals surface area (Å²) in [5.41, 5.74) is 1.24. The van der Waals surface area contributed by atoms with Gasteiger partial charge in [-0.15, -0.1) is 24.0 Å². The number of hydrogen-bond donors (Lipinski definition) is 2. The highest BCUT2D eigenvalue weighted by atomic mass is 127. The fraction of sp³-hybridized carbons (Fsp3) is 0.632. The van der Waals surface area contributed by atoms with Gasteiger partial charge in [0.25, 0.3) is 0 Å². The van der Waals surface area contributed by atoms with E-state index in [1.165, 1.54) is 25.1 Å². The highest BCUT2D eigenvalue weighted by Crippen LogP contribution is 2.32. The fourth-order valence-corrected chi connectivity index (χ4v) is 3.33. The van der Waals surface area contributed by atoms with E-state index in [2.05, 4.69) is 41.5 Å².